The predicted molar refractivity (Wildman–Crippen MR) is 93.0 cm³/mol. The van der Waals surface area contributed by atoms with Gasteiger partial charge in [0.05, 0.1) is 6.54 Å². The molecule has 0 spiro atoms. The normalized spacial score (nSPS) is 12.0. The van der Waals surface area contributed by atoms with Crippen LogP contribution in [0.15, 0.2) is 73.1 Å². The molecule has 0 saturated carbocycles. The van der Waals surface area contributed by atoms with Crippen molar-refractivity contribution >= 4 is 5.91 Å². The van der Waals surface area contributed by atoms with E-state index in [1.807, 2.05) is 47.3 Å². The second kappa shape index (κ2) is 7.57. The fourth-order valence-electron chi connectivity index (χ4n) is 2.59. The van der Waals surface area contributed by atoms with E-state index in [4.69, 9.17) is 5.73 Å². The van der Waals surface area contributed by atoms with Crippen molar-refractivity contribution in [2.24, 2.45) is 5.73 Å². The number of primary amides is 1. The molecule has 0 fully saturated rings. The summed E-state index contributed by atoms with van der Waals surface area (Å²) < 4.78 is 1.88. The molecule has 5 heteroatoms. The zero-order valence-corrected chi connectivity index (χ0v) is 13.3. The molecule has 1 atom stereocenters. The van der Waals surface area contributed by atoms with Gasteiger partial charge in [-0.3, -0.25) is 14.8 Å². The van der Waals surface area contributed by atoms with Gasteiger partial charge in [0.15, 0.2) is 0 Å². The van der Waals surface area contributed by atoms with Crippen LogP contribution in [0.25, 0.3) is 0 Å². The highest BCUT2D eigenvalue weighted by Crippen LogP contribution is 2.13. The van der Waals surface area contributed by atoms with Crippen LogP contribution >= 0.6 is 0 Å². The maximum absolute atomic E-state index is 11.7. The van der Waals surface area contributed by atoms with Crippen LogP contribution in [0.3, 0.4) is 0 Å². The molecule has 0 aliphatic heterocycles. The van der Waals surface area contributed by atoms with Gasteiger partial charge in [0.25, 0.3) is 0 Å². The Morgan fingerprint density at radius 1 is 1.04 bits per heavy atom. The summed E-state index contributed by atoms with van der Waals surface area (Å²) >= 11 is 0. The van der Waals surface area contributed by atoms with E-state index in [0.29, 0.717) is 6.54 Å². The van der Waals surface area contributed by atoms with E-state index in [-0.39, 0.29) is 5.91 Å². The number of aromatic nitrogens is 2. The molecule has 1 unspecified atom stereocenters. The van der Waals surface area contributed by atoms with Gasteiger partial charge in [0, 0.05) is 18.9 Å². The zero-order valence-electron chi connectivity index (χ0n) is 13.3. The lowest BCUT2D eigenvalue weighted by molar-refractivity contribution is -0.120. The topological polar surface area (TPSA) is 72.9 Å². The summed E-state index contributed by atoms with van der Waals surface area (Å²) in [5.74, 6) is -0.378. The van der Waals surface area contributed by atoms with Crippen LogP contribution < -0.4 is 11.1 Å². The Balaban J connectivity index is 1.62. The van der Waals surface area contributed by atoms with Crippen molar-refractivity contribution in [1.82, 2.24) is 15.1 Å². The van der Waals surface area contributed by atoms with Crippen LogP contribution in [-0.2, 0) is 17.9 Å². The van der Waals surface area contributed by atoms with Gasteiger partial charge in [-0.1, -0.05) is 54.6 Å². The average Bonchev–Trinajstić information content (AvgIpc) is 3.10. The average molecular weight is 320 g/mol. The molecule has 0 aliphatic rings. The molecule has 1 aromatic heterocycles. The van der Waals surface area contributed by atoms with Crippen LogP contribution in [0.5, 0.6) is 0 Å². The van der Waals surface area contributed by atoms with Crippen LogP contribution in [0.4, 0.5) is 0 Å². The van der Waals surface area contributed by atoms with Crippen molar-refractivity contribution in [3.63, 3.8) is 0 Å². The van der Waals surface area contributed by atoms with E-state index in [0.717, 1.165) is 17.7 Å². The maximum atomic E-state index is 11.7. The fraction of sp³-hybridized carbons (Fsp3) is 0.158. The Morgan fingerprint density at radius 2 is 1.75 bits per heavy atom. The number of hydrogen-bond acceptors (Lipinski definition) is 3. The Hall–Kier alpha value is -2.92. The third-order valence-corrected chi connectivity index (χ3v) is 3.85. The van der Waals surface area contributed by atoms with Gasteiger partial charge in [0.1, 0.15) is 6.04 Å². The summed E-state index contributed by atoms with van der Waals surface area (Å²) in [6.45, 7) is 1.32. The van der Waals surface area contributed by atoms with Crippen molar-refractivity contribution in [2.45, 2.75) is 19.1 Å². The SMILES string of the molecule is NC(=O)C(NCc1ccc(Cn2cccn2)cc1)c1ccccc1. The summed E-state index contributed by atoms with van der Waals surface area (Å²) in [6.07, 6.45) is 3.71. The first-order chi connectivity index (χ1) is 11.7. The highest BCUT2D eigenvalue weighted by Gasteiger charge is 2.16. The minimum atomic E-state index is -0.491. The van der Waals surface area contributed by atoms with Gasteiger partial charge in [-0.15, -0.1) is 0 Å². The third-order valence-electron chi connectivity index (χ3n) is 3.85. The van der Waals surface area contributed by atoms with Gasteiger partial charge >= 0.3 is 0 Å². The van der Waals surface area contributed by atoms with Gasteiger partial charge in [0.2, 0.25) is 5.91 Å². The molecule has 3 aromatic rings. The van der Waals surface area contributed by atoms with Crippen LogP contribution in [-0.4, -0.2) is 15.7 Å². The molecule has 122 valence electrons. The standard InChI is InChI=1S/C19H20N4O/c20-19(24)18(17-5-2-1-3-6-17)21-13-15-7-9-16(10-8-15)14-23-12-4-11-22-23/h1-12,18,21H,13-14H2,(H2,20,24). The highest BCUT2D eigenvalue weighted by atomic mass is 16.1. The van der Waals surface area contributed by atoms with E-state index in [9.17, 15) is 4.79 Å². The number of carbonyl (C=O) groups excluding carboxylic acids is 1. The molecule has 5 nitrogen and oxygen atoms in total. The van der Waals surface area contributed by atoms with Crippen molar-refractivity contribution in [2.75, 3.05) is 0 Å². The van der Waals surface area contributed by atoms with Crippen LogP contribution in [0.2, 0.25) is 0 Å². The predicted octanol–water partition coefficient (Wildman–Crippen LogP) is 2.25. The number of nitrogens with one attached hydrogen (secondary N) is 1. The molecule has 1 heterocycles. The smallest absolute Gasteiger partial charge is 0.239 e. The lowest BCUT2D eigenvalue weighted by Crippen LogP contribution is -2.33. The van der Waals surface area contributed by atoms with E-state index in [1.54, 1.807) is 6.20 Å². The minimum Gasteiger partial charge on any atom is -0.368 e. The molecule has 3 rings (SSSR count). The first-order valence-corrected chi connectivity index (χ1v) is 7.85. The molecular formula is C19H20N4O. The Bertz CT molecular complexity index is 767. The van der Waals surface area contributed by atoms with Gasteiger partial charge < -0.3 is 5.73 Å². The first kappa shape index (κ1) is 16.0. The third kappa shape index (κ3) is 4.08. The maximum Gasteiger partial charge on any atom is 0.239 e. The summed E-state index contributed by atoms with van der Waals surface area (Å²) in [5, 5.41) is 7.42. The molecular weight excluding hydrogens is 300 g/mol. The monoisotopic (exact) mass is 320 g/mol. The Labute approximate surface area is 141 Å². The molecule has 1 amide bonds. The summed E-state index contributed by atoms with van der Waals surface area (Å²) in [7, 11) is 0. The van der Waals surface area contributed by atoms with E-state index in [2.05, 4.69) is 34.7 Å². The highest BCUT2D eigenvalue weighted by molar-refractivity contribution is 5.81. The summed E-state index contributed by atoms with van der Waals surface area (Å²) in [5.41, 5.74) is 8.67. The molecule has 2 aromatic carbocycles. The Morgan fingerprint density at radius 3 is 2.38 bits per heavy atom. The zero-order chi connectivity index (χ0) is 16.8. The molecule has 0 radical (unpaired) electrons. The molecule has 3 N–H and O–H groups in total. The first-order valence-electron chi connectivity index (χ1n) is 7.85. The second-order valence-corrected chi connectivity index (χ2v) is 5.65. The fourth-order valence-corrected chi connectivity index (χ4v) is 2.59. The quantitative estimate of drug-likeness (QED) is 0.701. The number of nitrogens with two attached hydrogens (primary N) is 1. The van der Waals surface area contributed by atoms with Crippen molar-refractivity contribution in [3.05, 3.63) is 89.7 Å². The van der Waals surface area contributed by atoms with E-state index in [1.165, 1.54) is 5.56 Å². The van der Waals surface area contributed by atoms with E-state index < -0.39 is 6.04 Å². The van der Waals surface area contributed by atoms with Crippen LogP contribution in [0.1, 0.15) is 22.7 Å². The number of benzene rings is 2. The van der Waals surface area contributed by atoms with Gasteiger partial charge in [-0.2, -0.15) is 5.10 Å². The second-order valence-electron chi connectivity index (χ2n) is 5.65. The lowest BCUT2D eigenvalue weighted by Gasteiger charge is -2.16. The number of rotatable bonds is 7. The summed E-state index contributed by atoms with van der Waals surface area (Å²) in [6, 6.07) is 19.2. The molecule has 24 heavy (non-hydrogen) atoms. The van der Waals surface area contributed by atoms with E-state index >= 15 is 0 Å². The minimum absolute atomic E-state index is 0.378. The molecule has 0 aliphatic carbocycles. The number of amides is 1. The van der Waals surface area contributed by atoms with Gasteiger partial charge in [-0.05, 0) is 22.8 Å². The van der Waals surface area contributed by atoms with Crippen LogP contribution in [0, 0.1) is 0 Å². The molecule has 0 saturated heterocycles. The lowest BCUT2D eigenvalue weighted by atomic mass is 10.1. The van der Waals surface area contributed by atoms with Crippen molar-refractivity contribution in [3.8, 4) is 0 Å². The van der Waals surface area contributed by atoms with Crippen molar-refractivity contribution < 1.29 is 4.79 Å². The van der Waals surface area contributed by atoms with Gasteiger partial charge in [-0.25, -0.2) is 0 Å². The number of carbonyl (C=O) groups is 1. The number of hydrogen-bond donors (Lipinski definition) is 2. The molecule has 0 bridgehead atoms. The Kier molecular flexibility index (Phi) is 5.03. The largest absolute Gasteiger partial charge is 0.368 e. The number of nitrogens with zero attached hydrogens (tertiary/aromatic N) is 2. The summed E-state index contributed by atoms with van der Waals surface area (Å²) in [4.78, 5) is 11.7. The van der Waals surface area contributed by atoms with Crippen molar-refractivity contribution in [1.29, 1.82) is 0 Å².